The van der Waals surface area contributed by atoms with Crippen LogP contribution in [0.3, 0.4) is 0 Å². The molecule has 0 aromatic heterocycles. The molecule has 98 valence electrons. The van der Waals surface area contributed by atoms with E-state index in [-0.39, 0.29) is 12.6 Å². The summed E-state index contributed by atoms with van der Waals surface area (Å²) in [6.45, 7) is 7.53. The Bertz CT molecular complexity index is 261. The van der Waals surface area contributed by atoms with Crippen LogP contribution in [0.2, 0.25) is 0 Å². The topological polar surface area (TPSA) is 49.8 Å². The molecule has 1 rings (SSSR count). The molecule has 1 saturated carbocycles. The maximum absolute atomic E-state index is 11.5. The number of hydrogen-bond donors (Lipinski definition) is 1. The van der Waals surface area contributed by atoms with Gasteiger partial charge in [-0.2, -0.15) is 0 Å². The fourth-order valence-electron chi connectivity index (χ4n) is 1.96. The van der Waals surface area contributed by atoms with E-state index >= 15 is 0 Å². The first-order valence-corrected chi connectivity index (χ1v) is 6.38. The van der Waals surface area contributed by atoms with Crippen molar-refractivity contribution in [2.75, 3.05) is 26.3 Å². The van der Waals surface area contributed by atoms with Gasteiger partial charge in [-0.15, -0.1) is 0 Å². The number of esters is 1. The smallest absolute Gasteiger partial charge is 0.334 e. The molecule has 1 aliphatic rings. The monoisotopic (exact) mass is 241 g/mol. The van der Waals surface area contributed by atoms with Crippen LogP contribution in [0.1, 0.15) is 32.6 Å². The number of ether oxygens (including phenoxy) is 1. The highest BCUT2D eigenvalue weighted by atomic mass is 16.5. The Morgan fingerprint density at radius 2 is 2.24 bits per heavy atom. The second kappa shape index (κ2) is 7.45. The van der Waals surface area contributed by atoms with E-state index in [0.29, 0.717) is 24.8 Å². The van der Waals surface area contributed by atoms with Gasteiger partial charge in [0.25, 0.3) is 0 Å². The average Bonchev–Trinajstić information content (AvgIpc) is 2.23. The van der Waals surface area contributed by atoms with Gasteiger partial charge in [-0.3, -0.25) is 4.90 Å². The quantitative estimate of drug-likeness (QED) is 0.515. The van der Waals surface area contributed by atoms with E-state index in [4.69, 9.17) is 9.84 Å². The van der Waals surface area contributed by atoms with Gasteiger partial charge in [0.2, 0.25) is 0 Å². The van der Waals surface area contributed by atoms with Crippen LogP contribution in [-0.2, 0) is 9.53 Å². The predicted molar refractivity (Wildman–Crippen MR) is 66.7 cm³/mol. The molecule has 1 aliphatic carbocycles. The lowest BCUT2D eigenvalue weighted by Gasteiger charge is -2.37. The van der Waals surface area contributed by atoms with Crippen molar-refractivity contribution in [3.63, 3.8) is 0 Å². The SMILES string of the molecule is C=C(CN(CCCO)C1CCC1)C(=O)OCC. The zero-order valence-electron chi connectivity index (χ0n) is 10.7. The summed E-state index contributed by atoms with van der Waals surface area (Å²) < 4.78 is 4.93. The minimum atomic E-state index is -0.305. The summed E-state index contributed by atoms with van der Waals surface area (Å²) in [5.41, 5.74) is 0.511. The van der Waals surface area contributed by atoms with Crippen molar-refractivity contribution >= 4 is 5.97 Å². The Hall–Kier alpha value is -0.870. The minimum Gasteiger partial charge on any atom is -0.463 e. The van der Waals surface area contributed by atoms with Crippen molar-refractivity contribution in [1.29, 1.82) is 0 Å². The summed E-state index contributed by atoms with van der Waals surface area (Å²) in [5, 5.41) is 8.87. The number of nitrogens with zero attached hydrogens (tertiary/aromatic N) is 1. The maximum Gasteiger partial charge on any atom is 0.334 e. The molecule has 0 aromatic carbocycles. The van der Waals surface area contributed by atoms with Gasteiger partial charge in [-0.1, -0.05) is 13.0 Å². The molecule has 4 heteroatoms. The number of aliphatic hydroxyl groups is 1. The van der Waals surface area contributed by atoms with Crippen molar-refractivity contribution in [3.8, 4) is 0 Å². The summed E-state index contributed by atoms with van der Waals surface area (Å²) in [6, 6.07) is 0.549. The van der Waals surface area contributed by atoms with Crippen LogP contribution in [0.4, 0.5) is 0 Å². The molecule has 0 heterocycles. The molecule has 0 unspecified atom stereocenters. The molecular formula is C13H23NO3. The molecule has 1 fully saturated rings. The molecule has 0 aromatic rings. The molecule has 0 aliphatic heterocycles. The number of hydrogen-bond acceptors (Lipinski definition) is 4. The number of carbonyl (C=O) groups excluding carboxylic acids is 1. The predicted octanol–water partition coefficient (Wildman–Crippen LogP) is 1.34. The van der Waals surface area contributed by atoms with Crippen LogP contribution in [0, 0.1) is 0 Å². The number of aliphatic hydroxyl groups excluding tert-OH is 1. The second-order valence-corrected chi connectivity index (χ2v) is 4.46. The fourth-order valence-corrected chi connectivity index (χ4v) is 1.96. The summed E-state index contributed by atoms with van der Waals surface area (Å²) >= 11 is 0. The Kier molecular flexibility index (Phi) is 6.22. The van der Waals surface area contributed by atoms with Crippen molar-refractivity contribution in [3.05, 3.63) is 12.2 Å². The van der Waals surface area contributed by atoms with Crippen LogP contribution in [0.5, 0.6) is 0 Å². The highest BCUT2D eigenvalue weighted by Gasteiger charge is 2.26. The third-order valence-electron chi connectivity index (χ3n) is 3.15. The Labute approximate surface area is 103 Å². The number of rotatable bonds is 8. The highest BCUT2D eigenvalue weighted by molar-refractivity contribution is 5.88. The standard InChI is InChI=1S/C13H23NO3/c1-3-17-13(16)11(2)10-14(8-5-9-15)12-6-4-7-12/h12,15H,2-10H2,1H3. The van der Waals surface area contributed by atoms with Crippen LogP contribution in [0.25, 0.3) is 0 Å². The Morgan fingerprint density at radius 3 is 2.71 bits per heavy atom. The van der Waals surface area contributed by atoms with E-state index in [9.17, 15) is 4.79 Å². The molecule has 1 N–H and O–H groups in total. The third-order valence-corrected chi connectivity index (χ3v) is 3.15. The van der Waals surface area contributed by atoms with Gasteiger partial charge in [0.1, 0.15) is 0 Å². The molecule has 0 spiro atoms. The first kappa shape index (κ1) is 14.2. The average molecular weight is 241 g/mol. The summed E-state index contributed by atoms with van der Waals surface area (Å²) in [6.07, 6.45) is 4.36. The Morgan fingerprint density at radius 1 is 1.53 bits per heavy atom. The normalized spacial score (nSPS) is 15.7. The van der Waals surface area contributed by atoms with E-state index in [2.05, 4.69) is 11.5 Å². The van der Waals surface area contributed by atoms with Crippen molar-refractivity contribution < 1.29 is 14.6 Å². The zero-order chi connectivity index (χ0) is 12.7. The molecule has 0 bridgehead atoms. The molecule has 0 saturated heterocycles. The second-order valence-electron chi connectivity index (χ2n) is 4.46. The van der Waals surface area contributed by atoms with E-state index < -0.39 is 0 Å². The molecule has 17 heavy (non-hydrogen) atoms. The highest BCUT2D eigenvalue weighted by Crippen LogP contribution is 2.25. The van der Waals surface area contributed by atoms with Crippen molar-refractivity contribution in [2.24, 2.45) is 0 Å². The summed E-state index contributed by atoms with van der Waals surface area (Å²) in [7, 11) is 0. The molecular weight excluding hydrogens is 218 g/mol. The molecule has 4 nitrogen and oxygen atoms in total. The summed E-state index contributed by atoms with van der Waals surface area (Å²) in [5.74, 6) is -0.305. The van der Waals surface area contributed by atoms with Gasteiger partial charge in [0.15, 0.2) is 0 Å². The largest absolute Gasteiger partial charge is 0.463 e. The summed E-state index contributed by atoms with van der Waals surface area (Å²) in [4.78, 5) is 13.7. The molecule has 0 radical (unpaired) electrons. The third kappa shape index (κ3) is 4.48. The van der Waals surface area contributed by atoms with E-state index in [0.717, 1.165) is 13.0 Å². The van der Waals surface area contributed by atoms with Gasteiger partial charge in [0, 0.05) is 31.3 Å². The fraction of sp³-hybridized carbons (Fsp3) is 0.769. The van der Waals surface area contributed by atoms with Gasteiger partial charge in [0.05, 0.1) is 6.61 Å². The van der Waals surface area contributed by atoms with Gasteiger partial charge >= 0.3 is 5.97 Å². The zero-order valence-corrected chi connectivity index (χ0v) is 10.7. The first-order valence-electron chi connectivity index (χ1n) is 6.38. The van der Waals surface area contributed by atoms with E-state index in [1.807, 2.05) is 0 Å². The lowest BCUT2D eigenvalue weighted by Crippen LogP contribution is -2.42. The van der Waals surface area contributed by atoms with Gasteiger partial charge in [-0.25, -0.2) is 4.79 Å². The molecule has 0 amide bonds. The van der Waals surface area contributed by atoms with E-state index in [1.54, 1.807) is 6.92 Å². The van der Waals surface area contributed by atoms with Crippen LogP contribution in [0.15, 0.2) is 12.2 Å². The van der Waals surface area contributed by atoms with Gasteiger partial charge < -0.3 is 9.84 Å². The lowest BCUT2D eigenvalue weighted by molar-refractivity contribution is -0.138. The lowest BCUT2D eigenvalue weighted by atomic mass is 9.91. The number of carbonyl (C=O) groups is 1. The van der Waals surface area contributed by atoms with E-state index in [1.165, 1.54) is 19.3 Å². The van der Waals surface area contributed by atoms with Crippen LogP contribution >= 0.6 is 0 Å². The van der Waals surface area contributed by atoms with Crippen molar-refractivity contribution in [2.45, 2.75) is 38.6 Å². The van der Waals surface area contributed by atoms with Gasteiger partial charge in [-0.05, 0) is 26.2 Å². The van der Waals surface area contributed by atoms with Crippen LogP contribution < -0.4 is 0 Å². The van der Waals surface area contributed by atoms with Crippen LogP contribution in [-0.4, -0.2) is 48.3 Å². The Balaban J connectivity index is 2.41. The maximum atomic E-state index is 11.5. The minimum absolute atomic E-state index is 0.190. The van der Waals surface area contributed by atoms with Crippen molar-refractivity contribution in [1.82, 2.24) is 4.90 Å². The molecule has 0 atom stereocenters. The first-order chi connectivity index (χ1) is 8.19.